The molecule has 1 aliphatic heterocycles. The molecule has 1 aromatic carbocycles. The van der Waals surface area contributed by atoms with Gasteiger partial charge in [0.2, 0.25) is 0 Å². The molecule has 0 spiro atoms. The number of amides is 1. The second-order valence-electron chi connectivity index (χ2n) is 5.33. The number of nitrogens with one attached hydrogen (secondary N) is 1. The van der Waals surface area contributed by atoms with Crippen LogP contribution in [-0.2, 0) is 9.59 Å². The summed E-state index contributed by atoms with van der Waals surface area (Å²) in [6.07, 6.45) is 1.27. The Labute approximate surface area is 144 Å². The van der Waals surface area contributed by atoms with Crippen LogP contribution in [0, 0.1) is 5.92 Å². The number of aliphatic carboxylic acids is 1. The van der Waals surface area contributed by atoms with E-state index in [2.05, 4.69) is 5.32 Å². The molecule has 7 heteroatoms. The van der Waals surface area contributed by atoms with E-state index >= 15 is 0 Å². The molecule has 2 N–H and O–H groups in total. The average molecular weight is 355 g/mol. The molecule has 1 aliphatic rings. The molecule has 1 saturated heterocycles. The zero-order chi connectivity index (χ0) is 16.7. The lowest BCUT2D eigenvalue weighted by atomic mass is 10.2. The summed E-state index contributed by atoms with van der Waals surface area (Å²) in [6.45, 7) is 1.54. The van der Waals surface area contributed by atoms with Crippen molar-refractivity contribution in [2.45, 2.75) is 17.9 Å². The fourth-order valence-electron chi connectivity index (χ4n) is 1.96. The first-order valence-electron chi connectivity index (χ1n) is 7.51. The third-order valence-electron chi connectivity index (χ3n) is 3.38. The topological polar surface area (TPSA) is 75.6 Å². The normalized spacial score (nSPS) is 16.6. The fourth-order valence-corrected chi connectivity index (χ4v) is 4.85. The number of carboxylic acids is 1. The van der Waals surface area contributed by atoms with E-state index in [1.54, 1.807) is 6.92 Å². The van der Waals surface area contributed by atoms with Gasteiger partial charge in [-0.2, -0.15) is 0 Å². The first-order chi connectivity index (χ1) is 11.1. The molecular formula is C16H21NO4S2. The van der Waals surface area contributed by atoms with E-state index < -0.39 is 11.9 Å². The standard InChI is InChI=1S/C16H21NO4S2/c1-11(15(19)20)9-17-14(18)10-21-13-5-3-12(4-6-13)16-22-7-2-8-23-16/h3-6,11,16H,2,7-10H2,1H3,(H,17,18)(H,19,20). The van der Waals surface area contributed by atoms with Crippen LogP contribution in [0.25, 0.3) is 0 Å². The molecule has 1 fully saturated rings. The van der Waals surface area contributed by atoms with Gasteiger partial charge in [-0.05, 0) is 35.6 Å². The summed E-state index contributed by atoms with van der Waals surface area (Å²) in [5.74, 6) is 1.18. The van der Waals surface area contributed by atoms with Crippen LogP contribution in [0.1, 0.15) is 23.5 Å². The fraction of sp³-hybridized carbons (Fsp3) is 0.500. The van der Waals surface area contributed by atoms with Gasteiger partial charge in [-0.1, -0.05) is 19.1 Å². The Morgan fingerprint density at radius 3 is 2.57 bits per heavy atom. The minimum Gasteiger partial charge on any atom is -0.484 e. The number of carbonyl (C=O) groups excluding carboxylic acids is 1. The smallest absolute Gasteiger partial charge is 0.308 e. The lowest BCUT2D eigenvalue weighted by Crippen LogP contribution is -2.34. The molecule has 126 valence electrons. The van der Waals surface area contributed by atoms with Crippen molar-refractivity contribution in [2.24, 2.45) is 5.92 Å². The highest BCUT2D eigenvalue weighted by molar-refractivity contribution is 8.16. The van der Waals surface area contributed by atoms with Crippen molar-refractivity contribution in [1.29, 1.82) is 0 Å². The third-order valence-corrected chi connectivity index (χ3v) is 6.39. The third kappa shape index (κ3) is 5.99. The molecule has 0 bridgehead atoms. The Morgan fingerprint density at radius 1 is 1.30 bits per heavy atom. The van der Waals surface area contributed by atoms with Gasteiger partial charge in [-0.3, -0.25) is 9.59 Å². The zero-order valence-corrected chi connectivity index (χ0v) is 14.6. The van der Waals surface area contributed by atoms with Gasteiger partial charge < -0.3 is 15.2 Å². The van der Waals surface area contributed by atoms with Crippen molar-refractivity contribution >= 4 is 35.4 Å². The van der Waals surface area contributed by atoms with E-state index in [-0.39, 0.29) is 19.1 Å². The van der Waals surface area contributed by atoms with Gasteiger partial charge in [0.25, 0.3) is 5.91 Å². The first kappa shape index (κ1) is 18.0. The highest BCUT2D eigenvalue weighted by atomic mass is 32.2. The Morgan fingerprint density at radius 2 is 1.96 bits per heavy atom. The predicted octanol–water partition coefficient (Wildman–Crippen LogP) is 2.77. The molecule has 0 aliphatic carbocycles. The number of thioether (sulfide) groups is 2. The number of ether oxygens (including phenoxy) is 1. The highest BCUT2D eigenvalue weighted by Gasteiger charge is 2.16. The first-order valence-corrected chi connectivity index (χ1v) is 9.61. The molecule has 5 nitrogen and oxygen atoms in total. The molecule has 1 heterocycles. The minimum atomic E-state index is -0.930. The molecule has 0 saturated carbocycles. The minimum absolute atomic E-state index is 0.104. The average Bonchev–Trinajstić information content (AvgIpc) is 2.59. The van der Waals surface area contributed by atoms with E-state index in [4.69, 9.17) is 9.84 Å². The summed E-state index contributed by atoms with van der Waals surface area (Å²) in [6, 6.07) is 7.82. The molecule has 0 radical (unpaired) electrons. The van der Waals surface area contributed by atoms with Crippen LogP contribution < -0.4 is 10.1 Å². The maximum absolute atomic E-state index is 11.6. The Balaban J connectivity index is 1.75. The maximum Gasteiger partial charge on any atom is 0.308 e. The molecule has 2 rings (SSSR count). The van der Waals surface area contributed by atoms with Crippen LogP contribution in [0.4, 0.5) is 0 Å². The number of carboxylic acid groups (broad SMARTS) is 1. The zero-order valence-electron chi connectivity index (χ0n) is 13.0. The number of carbonyl (C=O) groups is 2. The lowest BCUT2D eigenvalue weighted by molar-refractivity contribution is -0.141. The van der Waals surface area contributed by atoms with E-state index in [1.165, 1.54) is 23.5 Å². The van der Waals surface area contributed by atoms with Crippen LogP contribution in [0.15, 0.2) is 24.3 Å². The van der Waals surface area contributed by atoms with E-state index in [0.29, 0.717) is 10.3 Å². The summed E-state index contributed by atoms with van der Waals surface area (Å²) in [4.78, 5) is 22.3. The van der Waals surface area contributed by atoms with Gasteiger partial charge in [0, 0.05) is 6.54 Å². The summed E-state index contributed by atoms with van der Waals surface area (Å²) in [5, 5.41) is 11.3. The molecule has 1 aromatic rings. The van der Waals surface area contributed by atoms with Crippen LogP contribution in [0.2, 0.25) is 0 Å². The Kier molecular flexibility index (Phi) is 7.11. The van der Waals surface area contributed by atoms with Crippen molar-refractivity contribution in [2.75, 3.05) is 24.7 Å². The maximum atomic E-state index is 11.6. The monoisotopic (exact) mass is 355 g/mol. The largest absolute Gasteiger partial charge is 0.484 e. The van der Waals surface area contributed by atoms with E-state index in [9.17, 15) is 9.59 Å². The second kappa shape index (κ2) is 9.08. The number of hydrogen-bond donors (Lipinski definition) is 2. The SMILES string of the molecule is CC(CNC(=O)COc1ccc(C2SCCCS2)cc1)C(=O)O. The number of hydrogen-bond acceptors (Lipinski definition) is 5. The van der Waals surface area contributed by atoms with Gasteiger partial charge in [0.05, 0.1) is 10.5 Å². The Bertz CT molecular complexity index is 529. The molecular weight excluding hydrogens is 334 g/mol. The van der Waals surface area contributed by atoms with Gasteiger partial charge >= 0.3 is 5.97 Å². The highest BCUT2D eigenvalue weighted by Crippen LogP contribution is 2.43. The van der Waals surface area contributed by atoms with E-state index in [1.807, 2.05) is 47.8 Å². The summed E-state index contributed by atoms with van der Waals surface area (Å²) < 4.78 is 5.91. The summed E-state index contributed by atoms with van der Waals surface area (Å²) in [5.41, 5.74) is 1.27. The molecule has 0 aromatic heterocycles. The van der Waals surface area contributed by atoms with Crippen LogP contribution in [0.5, 0.6) is 5.75 Å². The number of benzene rings is 1. The molecule has 1 atom stereocenters. The van der Waals surface area contributed by atoms with Crippen LogP contribution >= 0.6 is 23.5 Å². The quantitative estimate of drug-likeness (QED) is 0.783. The molecule has 1 unspecified atom stereocenters. The molecule has 23 heavy (non-hydrogen) atoms. The summed E-state index contributed by atoms with van der Waals surface area (Å²) in [7, 11) is 0. The van der Waals surface area contributed by atoms with Crippen molar-refractivity contribution in [1.82, 2.24) is 5.32 Å². The van der Waals surface area contributed by atoms with Gasteiger partial charge in [-0.15, -0.1) is 23.5 Å². The van der Waals surface area contributed by atoms with Crippen molar-refractivity contribution in [3.63, 3.8) is 0 Å². The summed E-state index contributed by atoms with van der Waals surface area (Å²) >= 11 is 3.92. The van der Waals surface area contributed by atoms with Crippen molar-refractivity contribution in [3.8, 4) is 5.75 Å². The van der Waals surface area contributed by atoms with Gasteiger partial charge in [0.15, 0.2) is 6.61 Å². The predicted molar refractivity (Wildman–Crippen MR) is 94.0 cm³/mol. The Hall–Kier alpha value is -1.34. The van der Waals surface area contributed by atoms with Gasteiger partial charge in [0.1, 0.15) is 5.75 Å². The van der Waals surface area contributed by atoms with Crippen molar-refractivity contribution < 1.29 is 19.4 Å². The van der Waals surface area contributed by atoms with Crippen molar-refractivity contribution in [3.05, 3.63) is 29.8 Å². The van der Waals surface area contributed by atoms with E-state index in [0.717, 1.165) is 0 Å². The number of rotatable bonds is 7. The molecule has 1 amide bonds. The second-order valence-corrected chi connectivity index (χ2v) is 8.05. The lowest BCUT2D eigenvalue weighted by Gasteiger charge is -2.21. The van der Waals surface area contributed by atoms with Crippen LogP contribution in [-0.4, -0.2) is 41.6 Å². The van der Waals surface area contributed by atoms with Gasteiger partial charge in [-0.25, -0.2) is 0 Å². The van der Waals surface area contributed by atoms with Crippen LogP contribution in [0.3, 0.4) is 0 Å².